The van der Waals surface area contributed by atoms with Gasteiger partial charge in [0.25, 0.3) is 5.56 Å². The largest absolute Gasteiger partial charge is 0.468 e. The van der Waals surface area contributed by atoms with Crippen molar-refractivity contribution in [2.45, 2.75) is 57.1 Å². The number of carbonyl (C=O) groups is 1. The highest BCUT2D eigenvalue weighted by atomic mass is 31.2. The number of nitrogens with zero attached hydrogens (tertiary/aromatic N) is 1. The van der Waals surface area contributed by atoms with Gasteiger partial charge in [-0.1, -0.05) is 0 Å². The van der Waals surface area contributed by atoms with E-state index in [-0.39, 0.29) is 0 Å². The van der Waals surface area contributed by atoms with E-state index in [1.54, 1.807) is 13.8 Å². The molecule has 1 aromatic rings. The molecule has 0 radical (unpaired) electrons. The van der Waals surface area contributed by atoms with Crippen molar-refractivity contribution in [3.05, 3.63) is 33.1 Å². The number of methoxy groups -OCH3 is 1. The summed E-state index contributed by atoms with van der Waals surface area (Å²) in [4.78, 5) is 47.1. The first-order chi connectivity index (χ1) is 13.9. The van der Waals surface area contributed by atoms with E-state index in [1.165, 1.54) is 13.1 Å². The molecule has 1 unspecified atom stereocenters. The number of carbonyl (C=O) groups excluding carboxylic acids is 1. The molecule has 0 bridgehead atoms. The zero-order valence-corrected chi connectivity index (χ0v) is 17.7. The minimum Gasteiger partial charge on any atom is -0.468 e. The summed E-state index contributed by atoms with van der Waals surface area (Å²) in [5, 5.41) is 2.16. The monoisotopic (exact) mass is 449 g/mol. The maximum absolute atomic E-state index is 12.3. The zero-order valence-electron chi connectivity index (χ0n) is 16.8. The predicted molar refractivity (Wildman–Crippen MR) is 99.4 cm³/mol. The molecule has 30 heavy (non-hydrogen) atoms. The molecular weight excluding hydrogens is 425 g/mol. The van der Waals surface area contributed by atoms with E-state index in [0.29, 0.717) is 0 Å². The second-order valence-corrected chi connectivity index (χ2v) is 8.89. The van der Waals surface area contributed by atoms with E-state index in [1.807, 2.05) is 0 Å². The Hall–Kier alpha value is -1.86. The molecule has 168 valence electrons. The summed E-state index contributed by atoms with van der Waals surface area (Å²) in [6, 6.07) is 0.0745. The van der Waals surface area contributed by atoms with Crippen molar-refractivity contribution in [2.75, 3.05) is 13.7 Å². The van der Waals surface area contributed by atoms with Gasteiger partial charge in [-0.25, -0.2) is 14.4 Å². The Kier molecular flexibility index (Phi) is 6.35. The first-order valence-electron chi connectivity index (χ1n) is 9.08. The minimum absolute atomic E-state index is 0.399. The standard InChI is InChI=1S/C16H24N3O10P/c1-8(14(21)25-4)18-30(23,24)26-7-9-11-12(29-16(2,3)28-11)13(27-9)19-6-5-10(20)17-15(19)22/h5-6,8-9,11-13H,7H2,1-4H3,(H,17,20,22)(H2,18,23,24)/t8-,9-,11-,12-,13-/m1/s1. The molecule has 1 aromatic heterocycles. The predicted octanol–water partition coefficient (Wildman–Crippen LogP) is -0.778. The van der Waals surface area contributed by atoms with Crippen LogP contribution in [0.5, 0.6) is 0 Å². The van der Waals surface area contributed by atoms with Gasteiger partial charge >= 0.3 is 19.4 Å². The van der Waals surface area contributed by atoms with Gasteiger partial charge in [-0.15, -0.1) is 0 Å². The fourth-order valence-corrected chi connectivity index (χ4v) is 4.35. The number of aromatic amines is 1. The molecule has 2 saturated heterocycles. The maximum Gasteiger partial charge on any atom is 0.403 e. The number of esters is 1. The second kappa shape index (κ2) is 8.35. The van der Waals surface area contributed by atoms with Crippen LogP contribution in [0, 0.1) is 0 Å². The Morgan fingerprint density at radius 3 is 2.70 bits per heavy atom. The van der Waals surface area contributed by atoms with E-state index in [0.717, 1.165) is 17.7 Å². The summed E-state index contributed by atoms with van der Waals surface area (Å²) >= 11 is 0. The third-order valence-electron chi connectivity index (χ3n) is 4.58. The van der Waals surface area contributed by atoms with Gasteiger partial charge in [0.15, 0.2) is 12.0 Å². The van der Waals surface area contributed by atoms with Crippen LogP contribution in [0.1, 0.15) is 27.0 Å². The summed E-state index contributed by atoms with van der Waals surface area (Å²) < 4.78 is 40.4. The lowest BCUT2D eigenvalue weighted by molar-refractivity contribution is -0.200. The molecular formula is C16H24N3O10P. The number of hydrogen-bond acceptors (Lipinski definition) is 9. The molecule has 3 N–H and O–H groups in total. The number of rotatable bonds is 7. The summed E-state index contributed by atoms with van der Waals surface area (Å²) in [5.41, 5.74) is -1.27. The Morgan fingerprint density at radius 1 is 1.40 bits per heavy atom. The van der Waals surface area contributed by atoms with Gasteiger partial charge in [0, 0.05) is 12.3 Å². The molecule has 2 aliphatic rings. The number of nitrogens with one attached hydrogen (secondary N) is 2. The highest BCUT2D eigenvalue weighted by Gasteiger charge is 2.56. The average molecular weight is 449 g/mol. The summed E-state index contributed by atoms with van der Waals surface area (Å²) in [7, 11) is -3.24. The summed E-state index contributed by atoms with van der Waals surface area (Å²) in [6.45, 7) is 4.29. The smallest absolute Gasteiger partial charge is 0.403 e. The molecule has 0 saturated carbocycles. The highest BCUT2D eigenvalue weighted by Crippen LogP contribution is 2.45. The van der Waals surface area contributed by atoms with Crippen LogP contribution in [0.25, 0.3) is 0 Å². The van der Waals surface area contributed by atoms with Gasteiger partial charge in [-0.2, -0.15) is 0 Å². The summed E-state index contributed by atoms with van der Waals surface area (Å²) in [6.07, 6.45) is -2.04. The van der Waals surface area contributed by atoms with Crippen molar-refractivity contribution in [3.63, 3.8) is 0 Å². The summed E-state index contributed by atoms with van der Waals surface area (Å²) in [5.74, 6) is -1.74. The molecule has 0 spiro atoms. The maximum atomic E-state index is 12.3. The van der Waals surface area contributed by atoms with Gasteiger partial charge in [0.2, 0.25) is 0 Å². The Balaban J connectivity index is 1.75. The molecule has 2 fully saturated rings. The van der Waals surface area contributed by atoms with Gasteiger partial charge in [0.05, 0.1) is 13.7 Å². The molecule has 0 aliphatic carbocycles. The van der Waals surface area contributed by atoms with E-state index in [4.69, 9.17) is 18.7 Å². The SMILES string of the molecule is COC(=O)[C@@H](C)NP(=O)(O)OC[C@H]1O[C@@H](n2ccc(=O)[nH]c2=O)[C@@H]2OC(C)(C)O[C@@H]21. The first kappa shape index (κ1) is 22.8. The number of H-pyrrole nitrogens is 1. The van der Waals surface area contributed by atoms with Crippen molar-refractivity contribution in [3.8, 4) is 0 Å². The molecule has 2 aliphatic heterocycles. The van der Waals surface area contributed by atoms with Crippen molar-refractivity contribution in [1.82, 2.24) is 14.6 Å². The Bertz CT molecular complexity index is 959. The fraction of sp³-hybridized carbons (Fsp3) is 0.688. The van der Waals surface area contributed by atoms with Gasteiger partial charge in [-0.3, -0.25) is 23.7 Å². The van der Waals surface area contributed by atoms with Crippen LogP contribution in [-0.4, -0.2) is 64.3 Å². The van der Waals surface area contributed by atoms with Crippen LogP contribution >= 0.6 is 7.75 Å². The zero-order chi connectivity index (χ0) is 22.3. The second-order valence-electron chi connectivity index (χ2n) is 7.34. The molecule has 3 heterocycles. The Morgan fingerprint density at radius 2 is 2.07 bits per heavy atom. The number of aromatic nitrogens is 2. The topological polar surface area (TPSA) is 167 Å². The number of ether oxygens (including phenoxy) is 4. The minimum atomic E-state index is -4.39. The quantitative estimate of drug-likeness (QED) is 0.353. The lowest BCUT2D eigenvalue weighted by Gasteiger charge is -2.25. The number of hydrogen-bond donors (Lipinski definition) is 3. The molecule has 6 atom stereocenters. The van der Waals surface area contributed by atoms with Gasteiger partial charge in [-0.05, 0) is 20.8 Å². The number of fused-ring (bicyclic) bond motifs is 1. The van der Waals surface area contributed by atoms with Crippen LogP contribution in [0.2, 0.25) is 0 Å². The van der Waals surface area contributed by atoms with E-state index >= 15 is 0 Å². The average Bonchev–Trinajstić information content (AvgIpc) is 3.12. The van der Waals surface area contributed by atoms with Crippen LogP contribution in [0.15, 0.2) is 21.9 Å². The van der Waals surface area contributed by atoms with Crippen molar-refractivity contribution < 1.29 is 37.7 Å². The van der Waals surface area contributed by atoms with Gasteiger partial charge in [0.1, 0.15) is 24.4 Å². The molecule has 0 aromatic carbocycles. The molecule has 3 rings (SSSR count). The van der Waals surface area contributed by atoms with Gasteiger partial charge < -0.3 is 23.8 Å². The lowest BCUT2D eigenvalue weighted by atomic mass is 10.1. The first-order valence-corrected chi connectivity index (χ1v) is 10.7. The third-order valence-corrected chi connectivity index (χ3v) is 5.79. The molecule has 13 nitrogen and oxygen atoms in total. The van der Waals surface area contributed by atoms with Crippen LogP contribution in [0.3, 0.4) is 0 Å². The van der Waals surface area contributed by atoms with Crippen LogP contribution in [-0.2, 0) is 32.8 Å². The van der Waals surface area contributed by atoms with E-state index in [9.17, 15) is 23.8 Å². The lowest BCUT2D eigenvalue weighted by Crippen LogP contribution is -2.37. The fourth-order valence-electron chi connectivity index (χ4n) is 3.33. The molecule has 14 heteroatoms. The highest BCUT2D eigenvalue weighted by molar-refractivity contribution is 7.50. The molecule has 0 amide bonds. The van der Waals surface area contributed by atoms with Crippen LogP contribution in [0.4, 0.5) is 0 Å². The van der Waals surface area contributed by atoms with E-state index < -0.39 is 67.9 Å². The van der Waals surface area contributed by atoms with Crippen molar-refractivity contribution >= 4 is 13.7 Å². The Labute approximate surface area is 170 Å². The van der Waals surface area contributed by atoms with Crippen LogP contribution < -0.4 is 16.3 Å². The normalized spacial score (nSPS) is 30.4. The van der Waals surface area contributed by atoms with Crippen molar-refractivity contribution in [1.29, 1.82) is 0 Å². The van der Waals surface area contributed by atoms with E-state index in [2.05, 4.69) is 14.8 Å². The third kappa shape index (κ3) is 4.89. The van der Waals surface area contributed by atoms with Crippen molar-refractivity contribution in [2.24, 2.45) is 0 Å².